The maximum absolute atomic E-state index is 11.4. The quantitative estimate of drug-likeness (QED) is 0.550. The van der Waals surface area contributed by atoms with Crippen LogP contribution in [-0.2, 0) is 24.2 Å². The van der Waals surface area contributed by atoms with E-state index in [-0.39, 0.29) is 5.92 Å². The van der Waals surface area contributed by atoms with E-state index in [9.17, 15) is 9.90 Å². The fourth-order valence-electron chi connectivity index (χ4n) is 5.28. The van der Waals surface area contributed by atoms with Gasteiger partial charge in [0.15, 0.2) is 0 Å². The van der Waals surface area contributed by atoms with E-state index in [1.807, 2.05) is 30.3 Å². The molecule has 0 spiro atoms. The van der Waals surface area contributed by atoms with Gasteiger partial charge in [-0.25, -0.2) is 4.98 Å². The van der Waals surface area contributed by atoms with Crippen molar-refractivity contribution in [2.45, 2.75) is 39.7 Å². The minimum atomic E-state index is -0.734. The summed E-state index contributed by atoms with van der Waals surface area (Å²) in [5.41, 5.74) is 8.32. The average molecular weight is 472 g/mol. The highest BCUT2D eigenvalue weighted by Crippen LogP contribution is 2.34. The lowest BCUT2D eigenvalue weighted by Crippen LogP contribution is -2.23. The zero-order chi connectivity index (χ0) is 24.4. The topological polar surface area (TPSA) is 74.7 Å². The van der Waals surface area contributed by atoms with Crippen LogP contribution < -0.4 is 15.0 Å². The van der Waals surface area contributed by atoms with Gasteiger partial charge in [0.05, 0.1) is 11.6 Å². The number of aryl methyl sites for hydroxylation is 1. The second kappa shape index (κ2) is 10.1. The van der Waals surface area contributed by atoms with Gasteiger partial charge in [0.1, 0.15) is 18.2 Å². The molecule has 0 unspecified atom stereocenters. The van der Waals surface area contributed by atoms with Crippen molar-refractivity contribution >= 4 is 11.8 Å². The molecule has 1 fully saturated rings. The first kappa shape index (κ1) is 23.4. The number of nitrogens with zero attached hydrogens (tertiary/aromatic N) is 2. The van der Waals surface area contributed by atoms with Crippen molar-refractivity contribution in [3.05, 3.63) is 76.3 Å². The van der Waals surface area contributed by atoms with Gasteiger partial charge in [0.2, 0.25) is 0 Å². The highest BCUT2D eigenvalue weighted by molar-refractivity contribution is 5.73. The standard InChI is InChI=1S/C29H33N3O3/c1-19-5-3-6-25(26-7-4-8-27(31-26)32-16-13-22(17-32)29(33)34)28(19)35-18-23-10-9-21-11-14-30-15-12-24(21)20(23)2/h3-10,22,30H,11-18H2,1-2H3,(H,33,34)/t22-/m1/s1. The number of rotatable bonds is 6. The molecular weight excluding hydrogens is 438 g/mol. The van der Waals surface area contributed by atoms with E-state index in [1.165, 1.54) is 22.3 Å². The number of carboxylic acids is 1. The summed E-state index contributed by atoms with van der Waals surface area (Å²) >= 11 is 0. The predicted octanol–water partition coefficient (Wildman–Crippen LogP) is 4.54. The summed E-state index contributed by atoms with van der Waals surface area (Å²) in [5, 5.41) is 12.9. The Labute approximate surface area is 207 Å². The third-order valence-electron chi connectivity index (χ3n) is 7.39. The molecule has 5 rings (SSSR count). The van der Waals surface area contributed by atoms with Gasteiger partial charge in [-0.15, -0.1) is 0 Å². The van der Waals surface area contributed by atoms with Gasteiger partial charge in [-0.05, 0) is 92.2 Å². The van der Waals surface area contributed by atoms with Crippen molar-refractivity contribution in [3.63, 3.8) is 0 Å². The first-order chi connectivity index (χ1) is 17.0. The van der Waals surface area contributed by atoms with E-state index in [1.54, 1.807) is 0 Å². The average Bonchev–Trinajstić information content (AvgIpc) is 3.24. The van der Waals surface area contributed by atoms with Crippen LogP contribution in [0.4, 0.5) is 5.82 Å². The van der Waals surface area contributed by atoms with Gasteiger partial charge in [0, 0.05) is 18.7 Å². The van der Waals surface area contributed by atoms with Crippen molar-refractivity contribution in [1.82, 2.24) is 10.3 Å². The lowest BCUT2D eigenvalue weighted by atomic mass is 9.94. The maximum atomic E-state index is 11.4. The number of para-hydroxylation sites is 1. The summed E-state index contributed by atoms with van der Waals surface area (Å²) in [6, 6.07) is 16.6. The van der Waals surface area contributed by atoms with Crippen molar-refractivity contribution in [2.24, 2.45) is 5.92 Å². The van der Waals surface area contributed by atoms with E-state index in [0.717, 1.165) is 54.3 Å². The Morgan fingerprint density at radius 1 is 1.11 bits per heavy atom. The Morgan fingerprint density at radius 3 is 2.77 bits per heavy atom. The van der Waals surface area contributed by atoms with Crippen LogP contribution in [0.1, 0.15) is 34.2 Å². The number of anilines is 1. The summed E-state index contributed by atoms with van der Waals surface area (Å²) in [7, 11) is 0. The SMILES string of the molecule is Cc1cccc(-c2cccc(N3CC[C@@H](C(=O)O)C3)n2)c1OCc1ccc2c(c1C)CCNCC2. The molecular formula is C29H33N3O3. The summed E-state index contributed by atoms with van der Waals surface area (Å²) in [6.07, 6.45) is 2.78. The van der Waals surface area contributed by atoms with Crippen molar-refractivity contribution in [3.8, 4) is 17.0 Å². The number of fused-ring (bicyclic) bond motifs is 1. The molecule has 0 aliphatic carbocycles. The number of benzene rings is 2. The fraction of sp³-hybridized carbons (Fsp3) is 0.379. The first-order valence-corrected chi connectivity index (χ1v) is 12.5. The van der Waals surface area contributed by atoms with Crippen LogP contribution in [0.5, 0.6) is 5.75 Å². The molecule has 3 aromatic rings. The molecule has 6 nitrogen and oxygen atoms in total. The third-order valence-corrected chi connectivity index (χ3v) is 7.39. The Bertz CT molecular complexity index is 1240. The molecule has 0 saturated carbocycles. The molecule has 0 radical (unpaired) electrons. The van der Waals surface area contributed by atoms with Crippen LogP contribution in [-0.4, -0.2) is 42.2 Å². The monoisotopic (exact) mass is 471 g/mol. The lowest BCUT2D eigenvalue weighted by molar-refractivity contribution is -0.140. The largest absolute Gasteiger partial charge is 0.488 e. The van der Waals surface area contributed by atoms with Gasteiger partial charge < -0.3 is 20.1 Å². The molecule has 1 aromatic heterocycles. The van der Waals surface area contributed by atoms with Crippen LogP contribution >= 0.6 is 0 Å². The smallest absolute Gasteiger partial charge is 0.308 e. The van der Waals surface area contributed by atoms with Gasteiger partial charge in [-0.1, -0.05) is 30.3 Å². The summed E-state index contributed by atoms with van der Waals surface area (Å²) < 4.78 is 6.48. The number of nitrogens with one attached hydrogen (secondary N) is 1. The number of hydrogen-bond donors (Lipinski definition) is 2. The number of hydrogen-bond acceptors (Lipinski definition) is 5. The number of aromatic nitrogens is 1. The molecule has 2 aromatic carbocycles. The Morgan fingerprint density at radius 2 is 1.94 bits per heavy atom. The number of pyridine rings is 1. The molecule has 1 atom stereocenters. The normalized spacial score (nSPS) is 17.7. The summed E-state index contributed by atoms with van der Waals surface area (Å²) in [5.74, 6) is 0.590. The molecule has 2 aliphatic heterocycles. The molecule has 2 N–H and O–H groups in total. The predicted molar refractivity (Wildman–Crippen MR) is 138 cm³/mol. The summed E-state index contributed by atoms with van der Waals surface area (Å²) in [4.78, 5) is 18.4. The van der Waals surface area contributed by atoms with Crippen molar-refractivity contribution in [2.75, 3.05) is 31.1 Å². The van der Waals surface area contributed by atoms with Gasteiger partial charge in [-0.2, -0.15) is 0 Å². The highest BCUT2D eigenvalue weighted by atomic mass is 16.5. The molecule has 6 heteroatoms. The Hall–Kier alpha value is -3.38. The zero-order valence-electron chi connectivity index (χ0n) is 20.5. The van der Waals surface area contributed by atoms with Gasteiger partial charge >= 0.3 is 5.97 Å². The molecule has 2 aliphatic rings. The van der Waals surface area contributed by atoms with Gasteiger partial charge in [-0.3, -0.25) is 4.79 Å². The van der Waals surface area contributed by atoms with E-state index < -0.39 is 5.97 Å². The Balaban J connectivity index is 1.40. The van der Waals surface area contributed by atoms with Crippen LogP contribution in [0, 0.1) is 19.8 Å². The molecule has 182 valence electrons. The Kier molecular flexibility index (Phi) is 6.73. The lowest BCUT2D eigenvalue weighted by Gasteiger charge is -2.20. The first-order valence-electron chi connectivity index (χ1n) is 12.5. The second-order valence-electron chi connectivity index (χ2n) is 9.63. The van der Waals surface area contributed by atoms with E-state index in [2.05, 4.69) is 42.3 Å². The second-order valence-corrected chi connectivity index (χ2v) is 9.63. The van der Waals surface area contributed by atoms with E-state index in [0.29, 0.717) is 26.1 Å². The number of aliphatic carboxylic acids is 1. The molecule has 1 saturated heterocycles. The van der Waals surface area contributed by atoms with Crippen LogP contribution in [0.2, 0.25) is 0 Å². The number of carboxylic acid groups (broad SMARTS) is 1. The van der Waals surface area contributed by atoms with Gasteiger partial charge in [0.25, 0.3) is 0 Å². The van der Waals surface area contributed by atoms with E-state index >= 15 is 0 Å². The minimum absolute atomic E-state index is 0.335. The summed E-state index contributed by atoms with van der Waals surface area (Å²) in [6.45, 7) is 8.05. The van der Waals surface area contributed by atoms with Crippen molar-refractivity contribution < 1.29 is 14.6 Å². The van der Waals surface area contributed by atoms with Crippen LogP contribution in [0.3, 0.4) is 0 Å². The molecule has 3 heterocycles. The number of carbonyl (C=O) groups is 1. The molecule has 0 amide bonds. The third kappa shape index (κ3) is 4.89. The molecule has 35 heavy (non-hydrogen) atoms. The number of ether oxygens (including phenoxy) is 1. The fourth-order valence-corrected chi connectivity index (χ4v) is 5.28. The van der Waals surface area contributed by atoms with Crippen LogP contribution in [0.15, 0.2) is 48.5 Å². The highest BCUT2D eigenvalue weighted by Gasteiger charge is 2.29. The van der Waals surface area contributed by atoms with E-state index in [4.69, 9.17) is 9.72 Å². The maximum Gasteiger partial charge on any atom is 0.308 e. The minimum Gasteiger partial charge on any atom is -0.488 e. The van der Waals surface area contributed by atoms with Crippen LogP contribution in [0.25, 0.3) is 11.3 Å². The molecule has 0 bridgehead atoms. The van der Waals surface area contributed by atoms with Crippen molar-refractivity contribution in [1.29, 1.82) is 0 Å². The zero-order valence-corrected chi connectivity index (χ0v) is 20.5.